The quantitative estimate of drug-likeness (QED) is 0.589. The van der Waals surface area contributed by atoms with E-state index in [9.17, 15) is 9.59 Å². The summed E-state index contributed by atoms with van der Waals surface area (Å²) in [7, 11) is 0. The summed E-state index contributed by atoms with van der Waals surface area (Å²) in [6.45, 7) is 10.8. The lowest BCUT2D eigenvalue weighted by molar-refractivity contribution is -0.151. The smallest absolute Gasteiger partial charge is 0.343 e. The van der Waals surface area contributed by atoms with E-state index in [-0.39, 0.29) is 11.7 Å². The van der Waals surface area contributed by atoms with Crippen LogP contribution in [-0.4, -0.2) is 17.5 Å². The molecule has 0 aliphatic carbocycles. The maximum atomic E-state index is 12.8. The van der Waals surface area contributed by atoms with Gasteiger partial charge < -0.3 is 9.47 Å². The SMILES string of the molecule is Cc1cc(-c2ccc(Cl)cc2)cc(C)c1C1=C(OC(=O)C(C)C)C(C)(C)OC1=O. The van der Waals surface area contributed by atoms with Gasteiger partial charge in [-0.25, -0.2) is 4.79 Å². The summed E-state index contributed by atoms with van der Waals surface area (Å²) >= 11 is 6.00. The van der Waals surface area contributed by atoms with Gasteiger partial charge >= 0.3 is 11.9 Å². The molecule has 0 bridgehead atoms. The molecular weight excluding hydrogens is 388 g/mol. The van der Waals surface area contributed by atoms with Gasteiger partial charge in [-0.2, -0.15) is 0 Å². The second-order valence-corrected chi connectivity index (χ2v) is 8.61. The number of benzene rings is 2. The number of carbonyl (C=O) groups excluding carboxylic acids is 2. The molecule has 152 valence electrons. The zero-order valence-electron chi connectivity index (χ0n) is 17.6. The number of halogens is 1. The number of hydrogen-bond acceptors (Lipinski definition) is 4. The highest BCUT2D eigenvalue weighted by atomic mass is 35.5. The van der Waals surface area contributed by atoms with Gasteiger partial charge in [0.25, 0.3) is 0 Å². The van der Waals surface area contributed by atoms with Gasteiger partial charge in [0.05, 0.1) is 5.92 Å². The fourth-order valence-corrected chi connectivity index (χ4v) is 3.62. The number of ether oxygens (including phenoxy) is 2. The number of aryl methyl sites for hydroxylation is 2. The molecule has 1 heterocycles. The Kier molecular flexibility index (Phi) is 5.59. The van der Waals surface area contributed by atoms with Crippen LogP contribution in [0.4, 0.5) is 0 Å². The van der Waals surface area contributed by atoms with Crippen molar-refractivity contribution < 1.29 is 19.1 Å². The molecule has 0 atom stereocenters. The standard InChI is InChI=1S/C24H25ClO4/c1-13(2)22(26)28-21-20(23(27)29-24(21,5)6)19-14(3)11-17(12-15(19)4)16-7-9-18(25)10-8-16/h7-13H,1-6H3. The first-order chi connectivity index (χ1) is 13.5. The van der Waals surface area contributed by atoms with E-state index in [0.29, 0.717) is 10.6 Å². The third-order valence-corrected chi connectivity index (χ3v) is 5.21. The molecule has 0 saturated carbocycles. The Bertz CT molecular complexity index is 991. The molecule has 2 aromatic rings. The van der Waals surface area contributed by atoms with Gasteiger partial charge in [0.2, 0.25) is 0 Å². The molecule has 0 fully saturated rings. The van der Waals surface area contributed by atoms with Crippen LogP contribution in [0, 0.1) is 19.8 Å². The lowest BCUT2D eigenvalue weighted by Crippen LogP contribution is -2.27. The highest BCUT2D eigenvalue weighted by Gasteiger charge is 2.45. The summed E-state index contributed by atoms with van der Waals surface area (Å²) in [6.07, 6.45) is 0. The van der Waals surface area contributed by atoms with Crippen LogP contribution in [0.25, 0.3) is 16.7 Å². The van der Waals surface area contributed by atoms with Crippen LogP contribution in [0.1, 0.15) is 44.4 Å². The van der Waals surface area contributed by atoms with E-state index in [4.69, 9.17) is 21.1 Å². The third-order valence-electron chi connectivity index (χ3n) is 4.96. The van der Waals surface area contributed by atoms with Gasteiger partial charge in [-0.15, -0.1) is 0 Å². The van der Waals surface area contributed by atoms with Crippen molar-refractivity contribution in [2.75, 3.05) is 0 Å². The van der Waals surface area contributed by atoms with Crippen LogP contribution in [0.5, 0.6) is 0 Å². The van der Waals surface area contributed by atoms with E-state index in [2.05, 4.69) is 0 Å². The monoisotopic (exact) mass is 412 g/mol. The van der Waals surface area contributed by atoms with Crippen molar-refractivity contribution in [1.29, 1.82) is 0 Å². The average Bonchev–Trinajstić information content (AvgIpc) is 2.84. The van der Waals surface area contributed by atoms with Crippen LogP contribution in [-0.2, 0) is 19.1 Å². The van der Waals surface area contributed by atoms with E-state index in [1.54, 1.807) is 27.7 Å². The Hall–Kier alpha value is -2.59. The Morgan fingerprint density at radius 3 is 2.10 bits per heavy atom. The predicted octanol–water partition coefficient (Wildman–Crippen LogP) is 5.87. The van der Waals surface area contributed by atoms with E-state index in [0.717, 1.165) is 27.8 Å². The van der Waals surface area contributed by atoms with Gasteiger partial charge in [0.1, 0.15) is 5.57 Å². The van der Waals surface area contributed by atoms with Crippen molar-refractivity contribution in [2.45, 2.75) is 47.1 Å². The lowest BCUT2D eigenvalue weighted by atomic mass is 9.89. The minimum absolute atomic E-state index is 0.270. The maximum absolute atomic E-state index is 12.8. The van der Waals surface area contributed by atoms with Crippen LogP contribution in [0.3, 0.4) is 0 Å². The topological polar surface area (TPSA) is 52.6 Å². The number of rotatable bonds is 4. The Labute approximate surface area is 176 Å². The Balaban J connectivity index is 2.15. The van der Waals surface area contributed by atoms with E-state index in [1.807, 2.05) is 50.2 Å². The predicted molar refractivity (Wildman–Crippen MR) is 114 cm³/mol. The van der Waals surface area contributed by atoms with Crippen LogP contribution in [0.15, 0.2) is 42.2 Å². The molecule has 4 nitrogen and oxygen atoms in total. The van der Waals surface area contributed by atoms with Gasteiger partial charge in [0.15, 0.2) is 11.4 Å². The highest BCUT2D eigenvalue weighted by Crippen LogP contribution is 2.41. The van der Waals surface area contributed by atoms with E-state index >= 15 is 0 Å². The van der Waals surface area contributed by atoms with Gasteiger partial charge in [-0.05, 0) is 67.6 Å². The van der Waals surface area contributed by atoms with Gasteiger partial charge in [-0.3, -0.25) is 4.79 Å². The highest BCUT2D eigenvalue weighted by molar-refractivity contribution is 6.30. The minimum Gasteiger partial charge on any atom is -0.448 e. The Morgan fingerprint density at radius 2 is 1.59 bits per heavy atom. The molecule has 0 aromatic heterocycles. The van der Waals surface area contributed by atoms with Gasteiger partial charge in [0, 0.05) is 5.02 Å². The average molecular weight is 413 g/mol. The zero-order valence-corrected chi connectivity index (χ0v) is 18.3. The van der Waals surface area contributed by atoms with Crippen molar-refractivity contribution in [3.63, 3.8) is 0 Å². The summed E-state index contributed by atoms with van der Waals surface area (Å²) < 4.78 is 11.2. The molecule has 0 amide bonds. The molecule has 0 radical (unpaired) electrons. The molecule has 29 heavy (non-hydrogen) atoms. The molecule has 2 aromatic carbocycles. The second kappa shape index (κ2) is 7.68. The first-order valence-electron chi connectivity index (χ1n) is 9.58. The summed E-state index contributed by atoms with van der Waals surface area (Å²) in [5, 5.41) is 0.677. The third kappa shape index (κ3) is 4.08. The molecule has 3 rings (SSSR count). The lowest BCUT2D eigenvalue weighted by Gasteiger charge is -2.21. The number of hydrogen-bond donors (Lipinski definition) is 0. The molecule has 0 spiro atoms. The first kappa shape index (κ1) is 21.1. The summed E-state index contributed by atoms with van der Waals surface area (Å²) in [6, 6.07) is 11.6. The first-order valence-corrected chi connectivity index (χ1v) is 9.96. The molecule has 0 unspecified atom stereocenters. The maximum Gasteiger partial charge on any atom is 0.343 e. The van der Waals surface area contributed by atoms with Crippen LogP contribution in [0.2, 0.25) is 5.02 Å². The Morgan fingerprint density at radius 1 is 1.03 bits per heavy atom. The van der Waals surface area contributed by atoms with Crippen molar-refractivity contribution >= 4 is 29.1 Å². The molecular formula is C24H25ClO4. The van der Waals surface area contributed by atoms with Gasteiger partial charge in [-0.1, -0.05) is 49.7 Å². The molecule has 1 aliphatic rings. The van der Waals surface area contributed by atoms with Crippen molar-refractivity contribution in [3.8, 4) is 11.1 Å². The molecule has 0 saturated heterocycles. The molecule has 0 N–H and O–H groups in total. The van der Waals surface area contributed by atoms with E-state index < -0.39 is 17.5 Å². The fourth-order valence-electron chi connectivity index (χ4n) is 3.50. The van der Waals surface area contributed by atoms with Crippen LogP contribution >= 0.6 is 11.6 Å². The number of carbonyl (C=O) groups is 2. The summed E-state index contributed by atoms with van der Waals surface area (Å²) in [4.78, 5) is 25.0. The second-order valence-electron chi connectivity index (χ2n) is 8.17. The van der Waals surface area contributed by atoms with Crippen molar-refractivity contribution in [1.82, 2.24) is 0 Å². The van der Waals surface area contributed by atoms with Crippen LogP contribution < -0.4 is 0 Å². The zero-order chi connectivity index (χ0) is 21.5. The normalized spacial score (nSPS) is 15.7. The number of esters is 2. The van der Waals surface area contributed by atoms with Crippen molar-refractivity contribution in [3.05, 3.63) is 63.9 Å². The number of cyclic esters (lactones) is 1. The largest absolute Gasteiger partial charge is 0.448 e. The summed E-state index contributed by atoms with van der Waals surface area (Å²) in [5.41, 5.74) is 3.90. The summed E-state index contributed by atoms with van der Waals surface area (Å²) in [5.74, 6) is -0.916. The molecule has 5 heteroatoms. The molecule has 1 aliphatic heterocycles. The fraction of sp³-hybridized carbons (Fsp3) is 0.333. The van der Waals surface area contributed by atoms with Crippen molar-refractivity contribution in [2.24, 2.45) is 5.92 Å². The minimum atomic E-state index is -1.01. The van der Waals surface area contributed by atoms with E-state index in [1.165, 1.54) is 0 Å².